The summed E-state index contributed by atoms with van der Waals surface area (Å²) in [5, 5.41) is 6.68. The van der Waals surface area contributed by atoms with E-state index >= 15 is 0 Å². The number of nitrogens with one attached hydrogen (secondary N) is 2. The fraction of sp³-hybridized carbons (Fsp3) is 0.412. The summed E-state index contributed by atoms with van der Waals surface area (Å²) in [6, 6.07) is 8.62. The molecule has 0 aliphatic rings. The van der Waals surface area contributed by atoms with Gasteiger partial charge in [-0.1, -0.05) is 38.1 Å². The highest BCUT2D eigenvalue weighted by Gasteiger charge is 2.16. The molecule has 1 heterocycles. The minimum absolute atomic E-state index is 0.198. The molecule has 2 aromatic rings. The molecule has 4 nitrogen and oxygen atoms in total. The number of hydrogen-bond donors (Lipinski definition) is 2. The second-order valence-corrected chi connectivity index (χ2v) is 5.61. The van der Waals surface area contributed by atoms with Crippen LogP contribution in [0.2, 0.25) is 0 Å². The maximum atomic E-state index is 4.44. The molecular weight excluding hydrogens is 260 g/mol. The Kier molecular flexibility index (Phi) is 4.78. The molecule has 0 amide bonds. The number of nitrogens with zero attached hydrogens (tertiary/aromatic N) is 2. The first-order valence-electron chi connectivity index (χ1n) is 7.39. The van der Waals surface area contributed by atoms with Gasteiger partial charge < -0.3 is 10.6 Å². The van der Waals surface area contributed by atoms with E-state index in [1.807, 2.05) is 7.05 Å². The SMILES string of the molecule is CNc1ncnc(NC(C)c2ccccc2C)c1C(C)C. The molecule has 0 aliphatic heterocycles. The van der Waals surface area contributed by atoms with Crippen molar-refractivity contribution >= 4 is 11.6 Å². The molecule has 1 atom stereocenters. The summed E-state index contributed by atoms with van der Waals surface area (Å²) in [7, 11) is 1.89. The van der Waals surface area contributed by atoms with Crippen LogP contribution in [0.5, 0.6) is 0 Å². The predicted molar refractivity (Wildman–Crippen MR) is 88.9 cm³/mol. The van der Waals surface area contributed by atoms with Crippen LogP contribution in [0.1, 0.15) is 49.4 Å². The number of aromatic nitrogens is 2. The lowest BCUT2D eigenvalue weighted by Gasteiger charge is -2.21. The maximum absolute atomic E-state index is 4.44. The van der Waals surface area contributed by atoms with Gasteiger partial charge in [0.05, 0.1) is 6.04 Å². The Morgan fingerprint density at radius 1 is 1.00 bits per heavy atom. The Balaban J connectivity index is 2.33. The third kappa shape index (κ3) is 3.32. The Morgan fingerprint density at radius 2 is 1.67 bits per heavy atom. The number of hydrogen-bond acceptors (Lipinski definition) is 4. The van der Waals surface area contributed by atoms with E-state index in [1.165, 1.54) is 11.1 Å². The molecule has 0 bridgehead atoms. The van der Waals surface area contributed by atoms with E-state index in [9.17, 15) is 0 Å². The highest BCUT2D eigenvalue weighted by molar-refractivity contribution is 5.59. The summed E-state index contributed by atoms with van der Waals surface area (Å²) in [4.78, 5) is 8.76. The van der Waals surface area contributed by atoms with Crippen LogP contribution in [0.4, 0.5) is 11.6 Å². The van der Waals surface area contributed by atoms with Crippen molar-refractivity contribution in [1.82, 2.24) is 9.97 Å². The van der Waals surface area contributed by atoms with Crippen molar-refractivity contribution < 1.29 is 0 Å². The zero-order valence-electron chi connectivity index (χ0n) is 13.4. The molecule has 0 saturated carbocycles. The Hall–Kier alpha value is -2.10. The summed E-state index contributed by atoms with van der Waals surface area (Å²) in [5.41, 5.74) is 3.70. The first-order valence-corrected chi connectivity index (χ1v) is 7.39. The van der Waals surface area contributed by atoms with Crippen molar-refractivity contribution in [3.05, 3.63) is 47.3 Å². The van der Waals surface area contributed by atoms with Gasteiger partial charge in [-0.15, -0.1) is 0 Å². The summed E-state index contributed by atoms with van der Waals surface area (Å²) in [6.45, 7) is 8.61. The minimum atomic E-state index is 0.198. The van der Waals surface area contributed by atoms with Gasteiger partial charge in [-0.25, -0.2) is 9.97 Å². The van der Waals surface area contributed by atoms with Crippen LogP contribution in [0.25, 0.3) is 0 Å². The van der Waals surface area contributed by atoms with Crippen molar-refractivity contribution in [3.63, 3.8) is 0 Å². The van der Waals surface area contributed by atoms with Crippen LogP contribution in [0, 0.1) is 6.92 Å². The van der Waals surface area contributed by atoms with Crippen LogP contribution < -0.4 is 10.6 Å². The topological polar surface area (TPSA) is 49.8 Å². The zero-order chi connectivity index (χ0) is 15.4. The quantitative estimate of drug-likeness (QED) is 0.867. The highest BCUT2D eigenvalue weighted by atomic mass is 15.1. The second kappa shape index (κ2) is 6.57. The first kappa shape index (κ1) is 15.3. The summed E-state index contributed by atoms with van der Waals surface area (Å²) in [6.07, 6.45) is 1.60. The lowest BCUT2D eigenvalue weighted by molar-refractivity contribution is 0.817. The molecule has 1 aromatic carbocycles. The summed E-state index contributed by atoms with van der Waals surface area (Å²) < 4.78 is 0. The van der Waals surface area contributed by atoms with Gasteiger partial charge in [-0.05, 0) is 30.9 Å². The first-order chi connectivity index (χ1) is 10.0. The third-order valence-electron chi connectivity index (χ3n) is 3.71. The van der Waals surface area contributed by atoms with Gasteiger partial charge in [0.2, 0.25) is 0 Å². The molecule has 1 unspecified atom stereocenters. The third-order valence-corrected chi connectivity index (χ3v) is 3.71. The average Bonchev–Trinajstić information content (AvgIpc) is 2.46. The van der Waals surface area contributed by atoms with Crippen LogP contribution >= 0.6 is 0 Å². The summed E-state index contributed by atoms with van der Waals surface area (Å²) in [5.74, 6) is 2.14. The van der Waals surface area contributed by atoms with E-state index in [4.69, 9.17) is 0 Å². The molecule has 0 saturated heterocycles. The molecule has 112 valence electrons. The number of aryl methyl sites for hydroxylation is 1. The molecule has 0 radical (unpaired) electrons. The van der Waals surface area contributed by atoms with Crippen molar-refractivity contribution in [1.29, 1.82) is 0 Å². The van der Waals surface area contributed by atoms with Gasteiger partial charge >= 0.3 is 0 Å². The molecule has 4 heteroatoms. The predicted octanol–water partition coefficient (Wildman–Crippen LogP) is 4.12. The molecular formula is C17H24N4. The van der Waals surface area contributed by atoms with E-state index in [0.717, 1.165) is 17.2 Å². The average molecular weight is 284 g/mol. The monoisotopic (exact) mass is 284 g/mol. The van der Waals surface area contributed by atoms with E-state index in [1.54, 1.807) is 6.33 Å². The van der Waals surface area contributed by atoms with E-state index in [2.05, 4.69) is 72.6 Å². The standard InChI is InChI=1S/C17H24N4/c1-11(2)15-16(18-5)19-10-20-17(15)21-13(4)14-9-7-6-8-12(14)3/h6-11,13H,1-5H3,(H2,18,19,20,21). The molecule has 1 aromatic heterocycles. The van der Waals surface area contributed by atoms with Gasteiger partial charge in [0.15, 0.2) is 0 Å². The fourth-order valence-corrected chi connectivity index (χ4v) is 2.61. The van der Waals surface area contributed by atoms with Crippen LogP contribution in [-0.2, 0) is 0 Å². The van der Waals surface area contributed by atoms with Gasteiger partial charge in [-0.2, -0.15) is 0 Å². The molecule has 2 rings (SSSR count). The maximum Gasteiger partial charge on any atom is 0.135 e. The van der Waals surface area contributed by atoms with Crippen LogP contribution in [-0.4, -0.2) is 17.0 Å². The van der Waals surface area contributed by atoms with Gasteiger partial charge in [0, 0.05) is 12.6 Å². The zero-order valence-corrected chi connectivity index (χ0v) is 13.4. The number of rotatable bonds is 5. The van der Waals surface area contributed by atoms with Gasteiger partial charge in [0.1, 0.15) is 18.0 Å². The Bertz CT molecular complexity index is 607. The van der Waals surface area contributed by atoms with Gasteiger partial charge in [0.25, 0.3) is 0 Å². The van der Waals surface area contributed by atoms with Crippen molar-refractivity contribution in [2.24, 2.45) is 0 Å². The molecule has 0 fully saturated rings. The fourth-order valence-electron chi connectivity index (χ4n) is 2.61. The van der Waals surface area contributed by atoms with Crippen molar-refractivity contribution in [2.45, 2.75) is 39.7 Å². The lowest BCUT2D eigenvalue weighted by atomic mass is 10.0. The number of anilines is 2. The van der Waals surface area contributed by atoms with E-state index in [-0.39, 0.29) is 6.04 Å². The van der Waals surface area contributed by atoms with Gasteiger partial charge in [-0.3, -0.25) is 0 Å². The molecule has 0 spiro atoms. The number of benzene rings is 1. The molecule has 0 aliphatic carbocycles. The Labute approximate surface area is 127 Å². The van der Waals surface area contributed by atoms with Crippen LogP contribution in [0.15, 0.2) is 30.6 Å². The summed E-state index contributed by atoms with van der Waals surface area (Å²) >= 11 is 0. The van der Waals surface area contributed by atoms with Crippen molar-refractivity contribution in [3.8, 4) is 0 Å². The van der Waals surface area contributed by atoms with Crippen LogP contribution in [0.3, 0.4) is 0 Å². The van der Waals surface area contributed by atoms with Crippen molar-refractivity contribution in [2.75, 3.05) is 17.7 Å². The Morgan fingerprint density at radius 3 is 2.29 bits per heavy atom. The largest absolute Gasteiger partial charge is 0.373 e. The molecule has 21 heavy (non-hydrogen) atoms. The lowest BCUT2D eigenvalue weighted by Crippen LogP contribution is -2.13. The van der Waals surface area contributed by atoms with E-state index < -0.39 is 0 Å². The molecule has 2 N–H and O–H groups in total. The van der Waals surface area contributed by atoms with E-state index in [0.29, 0.717) is 5.92 Å². The highest BCUT2D eigenvalue weighted by Crippen LogP contribution is 2.30. The smallest absolute Gasteiger partial charge is 0.135 e. The second-order valence-electron chi connectivity index (χ2n) is 5.61. The normalized spacial score (nSPS) is 12.3. The minimum Gasteiger partial charge on any atom is -0.373 e.